The van der Waals surface area contributed by atoms with E-state index in [0.29, 0.717) is 11.6 Å². The molecule has 0 aliphatic heterocycles. The number of carbonyl (C=O) groups excluding carboxylic acids is 1. The molecule has 1 N–H and O–H groups in total. The molecule has 2 heterocycles. The standard InChI is InChI=1S/C16H12F3N5O2/c1-10-20-8-9-24(10)14-7-6-12(22-23-14)15(25)21-11-4-2-3-5-13(11)26-16(17,18)19/h2-9H,1H3,(H,21,25). The van der Waals surface area contributed by atoms with Gasteiger partial charge in [0.1, 0.15) is 5.82 Å². The van der Waals surface area contributed by atoms with E-state index in [-0.39, 0.29) is 11.4 Å². The van der Waals surface area contributed by atoms with E-state index in [1.165, 1.54) is 24.3 Å². The van der Waals surface area contributed by atoms with E-state index in [4.69, 9.17) is 0 Å². The van der Waals surface area contributed by atoms with Gasteiger partial charge in [-0.15, -0.1) is 23.4 Å². The third kappa shape index (κ3) is 3.97. The highest BCUT2D eigenvalue weighted by Crippen LogP contribution is 2.30. The third-order valence-corrected chi connectivity index (χ3v) is 3.32. The van der Waals surface area contributed by atoms with Gasteiger partial charge in [-0.25, -0.2) is 4.98 Å². The summed E-state index contributed by atoms with van der Waals surface area (Å²) in [4.78, 5) is 16.3. The predicted octanol–water partition coefficient (Wildman–Crippen LogP) is 3.12. The Bertz CT molecular complexity index is 922. The molecule has 0 aliphatic carbocycles. The molecule has 0 aliphatic rings. The molecular formula is C16H12F3N5O2. The van der Waals surface area contributed by atoms with Crippen molar-refractivity contribution in [2.24, 2.45) is 0 Å². The zero-order chi connectivity index (χ0) is 18.7. The van der Waals surface area contributed by atoms with Crippen molar-refractivity contribution in [2.75, 3.05) is 5.32 Å². The first-order valence-corrected chi connectivity index (χ1v) is 7.34. The van der Waals surface area contributed by atoms with Crippen LogP contribution in [0.5, 0.6) is 5.75 Å². The van der Waals surface area contributed by atoms with Gasteiger partial charge < -0.3 is 10.1 Å². The van der Waals surface area contributed by atoms with E-state index in [1.807, 2.05) is 0 Å². The Morgan fingerprint density at radius 3 is 2.54 bits per heavy atom. The van der Waals surface area contributed by atoms with E-state index in [0.717, 1.165) is 6.07 Å². The number of para-hydroxylation sites is 2. The molecule has 1 aromatic carbocycles. The van der Waals surface area contributed by atoms with Crippen molar-refractivity contribution in [1.82, 2.24) is 19.7 Å². The number of amides is 1. The number of nitrogens with zero attached hydrogens (tertiary/aromatic N) is 4. The smallest absolute Gasteiger partial charge is 0.404 e. The number of carbonyl (C=O) groups is 1. The lowest BCUT2D eigenvalue weighted by Gasteiger charge is -2.13. The molecule has 10 heteroatoms. The molecule has 7 nitrogen and oxygen atoms in total. The van der Waals surface area contributed by atoms with Gasteiger partial charge in [0, 0.05) is 12.4 Å². The van der Waals surface area contributed by atoms with E-state index in [2.05, 4.69) is 25.2 Å². The van der Waals surface area contributed by atoms with Crippen LogP contribution in [-0.4, -0.2) is 32.0 Å². The van der Waals surface area contributed by atoms with Crippen LogP contribution in [0.1, 0.15) is 16.3 Å². The molecule has 2 aromatic heterocycles. The van der Waals surface area contributed by atoms with Crippen molar-refractivity contribution < 1.29 is 22.7 Å². The van der Waals surface area contributed by atoms with Crippen LogP contribution in [0, 0.1) is 6.92 Å². The fourth-order valence-corrected chi connectivity index (χ4v) is 2.16. The molecule has 0 bridgehead atoms. The third-order valence-electron chi connectivity index (χ3n) is 3.32. The van der Waals surface area contributed by atoms with E-state index in [1.54, 1.807) is 30.0 Å². The highest BCUT2D eigenvalue weighted by atomic mass is 19.4. The number of imidazole rings is 1. The van der Waals surface area contributed by atoms with Crippen LogP contribution in [0.25, 0.3) is 5.82 Å². The van der Waals surface area contributed by atoms with Gasteiger partial charge in [0.15, 0.2) is 17.3 Å². The molecule has 0 spiro atoms. The largest absolute Gasteiger partial charge is 0.573 e. The zero-order valence-corrected chi connectivity index (χ0v) is 13.4. The molecule has 0 unspecified atom stereocenters. The number of aryl methyl sites for hydroxylation is 1. The Kier molecular flexibility index (Phi) is 4.57. The van der Waals surface area contributed by atoms with Gasteiger partial charge in [0.25, 0.3) is 5.91 Å². The van der Waals surface area contributed by atoms with Gasteiger partial charge in [-0.05, 0) is 31.2 Å². The van der Waals surface area contributed by atoms with Gasteiger partial charge in [-0.1, -0.05) is 12.1 Å². The number of ether oxygens (including phenoxy) is 1. The molecule has 134 valence electrons. The maximum atomic E-state index is 12.4. The maximum Gasteiger partial charge on any atom is 0.573 e. The zero-order valence-electron chi connectivity index (χ0n) is 13.4. The fraction of sp³-hybridized carbons (Fsp3) is 0.125. The topological polar surface area (TPSA) is 81.9 Å². The predicted molar refractivity (Wildman–Crippen MR) is 85.0 cm³/mol. The molecule has 0 saturated carbocycles. The summed E-state index contributed by atoms with van der Waals surface area (Å²) in [5.74, 6) is -0.0938. The van der Waals surface area contributed by atoms with Gasteiger partial charge in [-0.2, -0.15) is 0 Å². The molecule has 0 fully saturated rings. The van der Waals surface area contributed by atoms with Crippen LogP contribution in [0.3, 0.4) is 0 Å². The SMILES string of the molecule is Cc1nccn1-c1ccc(C(=O)Nc2ccccc2OC(F)(F)F)nn1. The first kappa shape index (κ1) is 17.4. The van der Waals surface area contributed by atoms with Crippen molar-refractivity contribution in [1.29, 1.82) is 0 Å². The molecule has 0 saturated heterocycles. The van der Waals surface area contributed by atoms with Crippen molar-refractivity contribution >= 4 is 11.6 Å². The monoisotopic (exact) mass is 363 g/mol. The maximum absolute atomic E-state index is 12.4. The van der Waals surface area contributed by atoms with Gasteiger partial charge in [0.05, 0.1) is 5.69 Å². The fourth-order valence-electron chi connectivity index (χ4n) is 2.16. The summed E-state index contributed by atoms with van der Waals surface area (Å²) >= 11 is 0. The Labute approximate surface area is 145 Å². The number of halogens is 3. The lowest BCUT2D eigenvalue weighted by atomic mass is 10.2. The minimum absolute atomic E-state index is 0.0617. The van der Waals surface area contributed by atoms with Gasteiger partial charge in [-0.3, -0.25) is 9.36 Å². The number of hydrogen-bond acceptors (Lipinski definition) is 5. The van der Waals surface area contributed by atoms with Crippen LogP contribution in [0.2, 0.25) is 0 Å². The molecule has 3 aromatic rings. The molecule has 1 amide bonds. The first-order chi connectivity index (χ1) is 12.3. The van der Waals surface area contributed by atoms with Gasteiger partial charge in [0.2, 0.25) is 0 Å². The second-order valence-corrected chi connectivity index (χ2v) is 5.12. The minimum atomic E-state index is -4.87. The van der Waals surface area contributed by atoms with Crippen LogP contribution in [-0.2, 0) is 0 Å². The summed E-state index contributed by atoms with van der Waals surface area (Å²) in [7, 11) is 0. The summed E-state index contributed by atoms with van der Waals surface area (Å²) in [6, 6.07) is 8.17. The number of anilines is 1. The number of benzene rings is 1. The Balaban J connectivity index is 1.78. The number of alkyl halides is 3. The summed E-state index contributed by atoms with van der Waals surface area (Å²) in [5.41, 5.74) is -0.195. The van der Waals surface area contributed by atoms with Crippen molar-refractivity contribution in [3.05, 3.63) is 60.3 Å². The van der Waals surface area contributed by atoms with E-state index >= 15 is 0 Å². The highest BCUT2D eigenvalue weighted by Gasteiger charge is 2.32. The van der Waals surface area contributed by atoms with Gasteiger partial charge >= 0.3 is 6.36 Å². The number of nitrogens with one attached hydrogen (secondary N) is 1. The number of rotatable bonds is 4. The van der Waals surface area contributed by atoms with Crippen molar-refractivity contribution in [3.8, 4) is 11.6 Å². The molecule has 0 radical (unpaired) electrons. The first-order valence-electron chi connectivity index (χ1n) is 7.34. The average Bonchev–Trinajstić information content (AvgIpc) is 3.01. The lowest BCUT2D eigenvalue weighted by molar-refractivity contribution is -0.274. The summed E-state index contributed by atoms with van der Waals surface area (Å²) in [6.07, 6.45) is -1.59. The average molecular weight is 363 g/mol. The summed E-state index contributed by atoms with van der Waals surface area (Å²) in [6.45, 7) is 1.78. The van der Waals surface area contributed by atoms with E-state index in [9.17, 15) is 18.0 Å². The second kappa shape index (κ2) is 6.82. The summed E-state index contributed by atoms with van der Waals surface area (Å²) < 4.78 is 42.8. The highest BCUT2D eigenvalue weighted by molar-refractivity contribution is 6.03. The Morgan fingerprint density at radius 2 is 1.92 bits per heavy atom. The van der Waals surface area contributed by atoms with E-state index < -0.39 is 18.0 Å². The molecule has 0 atom stereocenters. The molecular weight excluding hydrogens is 351 g/mol. The van der Waals surface area contributed by atoms with Crippen molar-refractivity contribution in [3.63, 3.8) is 0 Å². The van der Waals surface area contributed by atoms with Crippen LogP contribution < -0.4 is 10.1 Å². The number of aromatic nitrogens is 4. The normalized spacial score (nSPS) is 11.2. The minimum Gasteiger partial charge on any atom is -0.404 e. The summed E-state index contributed by atoms with van der Waals surface area (Å²) in [5, 5.41) is 10.1. The van der Waals surface area contributed by atoms with Crippen molar-refractivity contribution in [2.45, 2.75) is 13.3 Å². The number of hydrogen-bond donors (Lipinski definition) is 1. The van der Waals surface area contributed by atoms with Crippen LogP contribution >= 0.6 is 0 Å². The quantitative estimate of drug-likeness (QED) is 0.770. The molecule has 26 heavy (non-hydrogen) atoms. The molecule has 3 rings (SSSR count). The lowest BCUT2D eigenvalue weighted by Crippen LogP contribution is -2.20. The van der Waals surface area contributed by atoms with Crippen LogP contribution in [0.4, 0.5) is 18.9 Å². The Hall–Kier alpha value is -3.43. The van der Waals surface area contributed by atoms with Crippen LogP contribution in [0.15, 0.2) is 48.8 Å². The Morgan fingerprint density at radius 1 is 1.15 bits per heavy atom. The second-order valence-electron chi connectivity index (χ2n) is 5.12.